The molecule has 0 spiro atoms. The number of aryl methyl sites for hydroxylation is 4. The molecule has 3 atom stereocenters. The number of primary amides is 1. The first-order chi connectivity index (χ1) is 62.3. The van der Waals surface area contributed by atoms with Crippen LogP contribution in [0.5, 0.6) is 28.7 Å². The summed E-state index contributed by atoms with van der Waals surface area (Å²) >= 11 is 3.08. The number of nitrogens with zero attached hydrogens (tertiary/aromatic N) is 4. The van der Waals surface area contributed by atoms with E-state index in [9.17, 15) is 48.6 Å². The Labute approximate surface area is 776 Å². The summed E-state index contributed by atoms with van der Waals surface area (Å²) in [6, 6.07) is 87.5. The maximum Gasteiger partial charge on any atom is 0.347 e. The van der Waals surface area contributed by atoms with Gasteiger partial charge in [0, 0.05) is 114 Å². The van der Waals surface area contributed by atoms with E-state index in [1.807, 2.05) is 164 Å². The zero-order valence-corrected chi connectivity index (χ0v) is 76.8. The van der Waals surface area contributed by atoms with Crippen molar-refractivity contribution in [3.63, 3.8) is 0 Å². The highest BCUT2D eigenvalue weighted by atomic mass is 79.9. The number of hydrogen-bond donors (Lipinski definition) is 4. The number of alkyl halides is 1. The van der Waals surface area contributed by atoms with Crippen molar-refractivity contribution in [2.75, 3.05) is 42.7 Å². The number of methoxy groups -OCH3 is 6. The molecule has 131 heavy (non-hydrogen) atoms. The Kier molecular flexibility index (Phi) is 39.3. The van der Waals surface area contributed by atoms with Crippen LogP contribution in [0, 0.1) is 34.6 Å². The van der Waals surface area contributed by atoms with Crippen LogP contribution in [0.4, 0.5) is 0 Å². The van der Waals surface area contributed by atoms with Crippen LogP contribution in [-0.4, -0.2) is 141 Å². The van der Waals surface area contributed by atoms with E-state index in [1.54, 1.807) is 37.3 Å². The van der Waals surface area contributed by atoms with E-state index >= 15 is 0 Å². The third kappa shape index (κ3) is 27.8. The number of Topliss-reactive ketones (excluding diaryl/α,β-unsaturated/α-hetero) is 1. The molecule has 686 valence electrons. The maximum atomic E-state index is 12.8. The van der Waals surface area contributed by atoms with Crippen LogP contribution in [0.15, 0.2) is 267 Å². The van der Waals surface area contributed by atoms with Crippen LogP contribution in [-0.2, 0) is 94.8 Å². The minimum Gasteiger partial charge on any atom is -0.507 e. The average Bonchev–Trinajstić information content (AvgIpc) is 1.60. The molecule has 0 fully saturated rings. The first kappa shape index (κ1) is 102. The zero-order chi connectivity index (χ0) is 92.6. The number of phenols is 2. The molecule has 25 nitrogen and oxygen atoms in total. The van der Waals surface area contributed by atoms with Crippen molar-refractivity contribution in [3.05, 3.63) is 329 Å². The van der Waals surface area contributed by atoms with Crippen LogP contribution in [0.25, 0.3) is 54.5 Å². The fourth-order valence-corrected chi connectivity index (χ4v) is 15.0. The zero-order valence-electron chi connectivity index (χ0n) is 74.4. The molecule has 3 unspecified atom stereocenters. The van der Waals surface area contributed by atoms with E-state index in [0.29, 0.717) is 53.4 Å². The molecular weight excluding hydrogens is 1750 g/mol. The Bertz CT molecular complexity index is 6310. The van der Waals surface area contributed by atoms with Crippen molar-refractivity contribution in [1.29, 1.82) is 0 Å². The molecule has 10 aromatic carbocycles. The minimum absolute atomic E-state index is 0. The van der Waals surface area contributed by atoms with Crippen molar-refractivity contribution in [1.82, 2.24) is 23.3 Å². The molecule has 0 bridgehead atoms. The van der Waals surface area contributed by atoms with E-state index < -0.39 is 52.6 Å². The van der Waals surface area contributed by atoms with Gasteiger partial charge in [-0.15, -0.1) is 12.4 Å². The number of halogens is 2. The van der Waals surface area contributed by atoms with E-state index in [-0.39, 0.29) is 75.2 Å². The highest BCUT2D eigenvalue weighted by Gasteiger charge is 2.31. The number of nitrogens with one attached hydrogen (secondary N) is 1. The summed E-state index contributed by atoms with van der Waals surface area (Å²) < 4.78 is 54.6. The van der Waals surface area contributed by atoms with Crippen LogP contribution < -0.4 is 19.9 Å². The summed E-state index contributed by atoms with van der Waals surface area (Å²) in [4.78, 5) is 96.4. The predicted molar refractivity (Wildman–Crippen MR) is 515 cm³/mol. The standard InChI is InChI=1S/C25H26N2O7.C23H25NO5.C23H21NO.C16H15NO.C9H9NO.C7H11BrO4.CH4.ClH/c1-15-21(23(29)24(26)30)22-17(27(15)14-16-8-5-4-6-9-16)10-7-11-18(22)34-19(25(31)33-3)12-13-20(28)32-2;1-16-14-18-19(24(16)15-17-8-5-4-6-9-17)10-7-11-20(18)29-21(23(26)28-3)12-13-22(25)27-2;1-18-15-21-22(24(18)16-19-9-4-2-5-10-19)13-8-14-23(21)25-17-20-11-6-3-7-12-20;1-12-10-14-15(8-5-9-16(14)18)17(12)11-13-6-3-2-4-7-13;1-6-5-7-8(10-6)3-2-4-9(7)11;1-11-6(9)4-3-5(8)7(10)12-2;;/h4-11,19H,12-14H2,1-3H3,(H2,26,30);4-11,14,21H,12-13,15H2,1-3H3;2-15H,16-17H2,1H3;2-10,18H,11H2,1H3;2-5,10-11H,1H3;5H,3-4H2,1-2H3;1H4;1H. The van der Waals surface area contributed by atoms with Gasteiger partial charge in [-0.2, -0.15) is 0 Å². The Morgan fingerprint density at radius 2 is 0.733 bits per heavy atom. The summed E-state index contributed by atoms with van der Waals surface area (Å²) in [5, 5.41) is 23.5. The number of fused-ring (bicyclic) bond motifs is 5. The Morgan fingerprint density at radius 1 is 0.382 bits per heavy atom. The second kappa shape index (κ2) is 50.4. The number of rotatable bonds is 29. The predicted octanol–water partition coefficient (Wildman–Crippen LogP) is 19.8. The summed E-state index contributed by atoms with van der Waals surface area (Å²) in [5.74, 6) is -2.39. The number of nitrogens with two attached hydrogens (primary N) is 1. The molecule has 15 rings (SSSR count). The second-order valence-electron chi connectivity index (χ2n) is 30.1. The van der Waals surface area contributed by atoms with E-state index in [4.69, 9.17) is 29.4 Å². The SMILES string of the molecule is C.COC(=O)CCC(Br)C(=O)OC.COC(=O)CCC(Oc1cccc2c1c(C(=O)C(N)=O)c(C)n2Cc1ccccc1)C(=O)OC.COC(=O)CCC(Oc1cccc2c1cc(C)n2Cc1ccccc1)C(=O)OC.Cc1cc2c(O)cccc2[nH]1.Cc1cc2c(O)cccc2n1Cc1ccccc1.Cc1cc2c(OCc3ccccc3)cccc2n1Cc1ccccc1.Cl. The number of aromatic hydroxyl groups is 2. The average molecular weight is 1870 g/mol. The molecule has 15 aromatic rings. The minimum atomic E-state index is -1.14. The van der Waals surface area contributed by atoms with E-state index in [1.165, 1.54) is 81.5 Å². The van der Waals surface area contributed by atoms with E-state index in [0.717, 1.165) is 80.7 Å². The second-order valence-corrected chi connectivity index (χ2v) is 31.2. The molecule has 27 heteroatoms. The van der Waals surface area contributed by atoms with Crippen molar-refractivity contribution >= 4 is 130 Å². The lowest BCUT2D eigenvalue weighted by Gasteiger charge is -2.17. The van der Waals surface area contributed by atoms with Crippen LogP contribution in [0.3, 0.4) is 0 Å². The fourth-order valence-electron chi connectivity index (χ4n) is 14.6. The van der Waals surface area contributed by atoms with Gasteiger partial charge in [0.25, 0.3) is 11.7 Å². The third-order valence-electron chi connectivity index (χ3n) is 21.3. The van der Waals surface area contributed by atoms with Crippen LogP contribution in [0.2, 0.25) is 0 Å². The van der Waals surface area contributed by atoms with Gasteiger partial charge in [0.05, 0.1) is 75.7 Å². The summed E-state index contributed by atoms with van der Waals surface area (Å²) in [6.07, 6.45) is -1.25. The number of aromatic amines is 1. The highest BCUT2D eigenvalue weighted by molar-refractivity contribution is 9.10. The number of esters is 6. The lowest BCUT2D eigenvalue weighted by Crippen LogP contribution is -2.29. The lowest BCUT2D eigenvalue weighted by atomic mass is 10.1. The first-order valence-electron chi connectivity index (χ1n) is 41.7. The first-order valence-corrected chi connectivity index (χ1v) is 42.6. The topological polar surface area (TPSA) is 322 Å². The molecule has 1 amide bonds. The number of aromatic nitrogens is 5. The molecule has 0 aliphatic carbocycles. The lowest BCUT2D eigenvalue weighted by molar-refractivity contribution is -0.151. The Hall–Kier alpha value is -14.4. The molecule has 5 aromatic heterocycles. The van der Waals surface area contributed by atoms with Crippen molar-refractivity contribution < 1.29 is 91.2 Å². The number of amides is 1. The summed E-state index contributed by atoms with van der Waals surface area (Å²) in [6.45, 7) is 13.4. The number of hydrogen-bond acceptors (Lipinski definition) is 19. The third-order valence-corrected chi connectivity index (χ3v) is 22.1. The van der Waals surface area contributed by atoms with Crippen molar-refractivity contribution in [2.24, 2.45) is 5.73 Å². The molecular formula is C104H112BrClN6O19. The number of phenolic OH excluding ortho intramolecular Hbond substituents is 2. The van der Waals surface area contributed by atoms with Crippen LogP contribution in [0.1, 0.15) is 113 Å². The Balaban J connectivity index is 0.000000201. The van der Waals surface area contributed by atoms with Gasteiger partial charge >= 0.3 is 35.8 Å². The molecule has 5 N–H and O–H groups in total. The number of benzene rings is 10. The molecule has 5 heterocycles. The highest BCUT2D eigenvalue weighted by Crippen LogP contribution is 2.38. The quantitative estimate of drug-likeness (QED) is 0.0111. The van der Waals surface area contributed by atoms with Gasteiger partial charge in [-0.05, 0) is 154 Å². The van der Waals surface area contributed by atoms with E-state index in [2.05, 4.69) is 158 Å². The maximum absolute atomic E-state index is 12.8. The number of ether oxygens (including phenoxy) is 9. The number of ketones is 1. The normalized spacial score (nSPS) is 11.2. The molecule has 0 aliphatic heterocycles. The van der Waals surface area contributed by atoms with Crippen LogP contribution >= 0.6 is 28.3 Å². The largest absolute Gasteiger partial charge is 0.507 e. The number of carbonyl (C=O) groups excluding carboxylic acids is 8. The van der Waals surface area contributed by atoms with Gasteiger partial charge in [0.15, 0.2) is 12.2 Å². The summed E-state index contributed by atoms with van der Waals surface area (Å²) in [5.41, 5.74) is 21.4. The van der Waals surface area contributed by atoms with Gasteiger partial charge in [0.1, 0.15) is 40.2 Å². The molecule has 0 aliphatic rings. The number of carbonyl (C=O) groups is 8. The molecule has 0 radical (unpaired) electrons. The smallest absolute Gasteiger partial charge is 0.347 e. The molecule has 0 saturated heterocycles. The van der Waals surface area contributed by atoms with Gasteiger partial charge < -0.3 is 81.8 Å². The fraction of sp³-hybridized carbons (Fsp3) is 0.250. The number of H-pyrrole nitrogens is 1. The van der Waals surface area contributed by atoms with Gasteiger partial charge in [-0.25, -0.2) is 9.59 Å². The Morgan fingerprint density at radius 3 is 1.15 bits per heavy atom. The monoisotopic (exact) mass is 1860 g/mol. The van der Waals surface area contributed by atoms with Gasteiger partial charge in [0.2, 0.25) is 0 Å². The van der Waals surface area contributed by atoms with Gasteiger partial charge in [-0.1, -0.05) is 205 Å². The van der Waals surface area contributed by atoms with Gasteiger partial charge in [-0.3, -0.25) is 28.8 Å². The molecule has 0 saturated carbocycles. The summed E-state index contributed by atoms with van der Waals surface area (Å²) in [7, 11) is 7.68. The van der Waals surface area contributed by atoms with Crippen molar-refractivity contribution in [3.8, 4) is 28.7 Å². The van der Waals surface area contributed by atoms with Crippen molar-refractivity contribution in [2.45, 2.75) is 130 Å².